The van der Waals surface area contributed by atoms with E-state index < -0.39 is 11.7 Å². The molecule has 0 saturated heterocycles. The van der Waals surface area contributed by atoms with Crippen LogP contribution in [0.25, 0.3) is 0 Å². The first-order valence-corrected chi connectivity index (χ1v) is 7.42. The van der Waals surface area contributed by atoms with E-state index >= 15 is 0 Å². The average Bonchev–Trinajstić information content (AvgIpc) is 2.54. The molecule has 1 amide bonds. The molecule has 0 aromatic heterocycles. The van der Waals surface area contributed by atoms with Gasteiger partial charge in [0.15, 0.2) is 5.82 Å². The molecule has 2 aromatic carbocycles. The molecule has 1 atom stereocenters. The molecule has 2 rings (SSSR count). The molecule has 0 aliphatic carbocycles. The van der Waals surface area contributed by atoms with Crippen molar-refractivity contribution >= 4 is 17.5 Å². The largest absolute Gasteiger partial charge is 0.396 e. The molecular weight excluding hydrogens is 305 g/mol. The SMILES string of the molecule is O=C(NC(CCCO)c1ccccc1)c1cccc(Cl)c1F. The van der Waals surface area contributed by atoms with E-state index in [2.05, 4.69) is 5.32 Å². The zero-order valence-corrected chi connectivity index (χ0v) is 12.7. The molecule has 3 nitrogen and oxygen atoms in total. The maximum absolute atomic E-state index is 13.9. The van der Waals surface area contributed by atoms with Crippen LogP contribution in [-0.2, 0) is 0 Å². The number of carbonyl (C=O) groups is 1. The van der Waals surface area contributed by atoms with E-state index in [1.165, 1.54) is 18.2 Å². The summed E-state index contributed by atoms with van der Waals surface area (Å²) in [5, 5.41) is 11.7. The van der Waals surface area contributed by atoms with Crippen molar-refractivity contribution in [1.29, 1.82) is 0 Å². The standard InChI is InChI=1S/C17H17ClFNO2/c18-14-9-4-8-13(16(14)19)17(22)20-15(10-5-11-21)12-6-2-1-3-7-12/h1-4,6-9,15,21H,5,10-11H2,(H,20,22). The van der Waals surface area contributed by atoms with Gasteiger partial charge < -0.3 is 10.4 Å². The summed E-state index contributed by atoms with van der Waals surface area (Å²) in [4.78, 5) is 12.3. The van der Waals surface area contributed by atoms with Crippen LogP contribution in [0.5, 0.6) is 0 Å². The Kier molecular flexibility index (Phi) is 5.92. The molecule has 0 aliphatic rings. The van der Waals surface area contributed by atoms with Gasteiger partial charge >= 0.3 is 0 Å². The number of hydrogen-bond acceptors (Lipinski definition) is 2. The third kappa shape index (κ3) is 4.06. The van der Waals surface area contributed by atoms with Crippen LogP contribution in [0.3, 0.4) is 0 Å². The molecule has 1 unspecified atom stereocenters. The van der Waals surface area contributed by atoms with Crippen molar-refractivity contribution in [2.24, 2.45) is 0 Å². The van der Waals surface area contributed by atoms with Crippen LogP contribution in [0.15, 0.2) is 48.5 Å². The Labute approximate surface area is 133 Å². The van der Waals surface area contributed by atoms with E-state index in [1.807, 2.05) is 30.3 Å². The van der Waals surface area contributed by atoms with Crippen LogP contribution in [0.4, 0.5) is 4.39 Å². The Morgan fingerprint density at radius 1 is 1.18 bits per heavy atom. The fourth-order valence-corrected chi connectivity index (χ4v) is 2.39. The van der Waals surface area contributed by atoms with Gasteiger partial charge in [0.25, 0.3) is 5.91 Å². The van der Waals surface area contributed by atoms with Gasteiger partial charge in [-0.15, -0.1) is 0 Å². The van der Waals surface area contributed by atoms with E-state index in [0.29, 0.717) is 12.8 Å². The number of aliphatic hydroxyl groups is 1. The Morgan fingerprint density at radius 3 is 2.59 bits per heavy atom. The van der Waals surface area contributed by atoms with Crippen molar-refractivity contribution in [3.8, 4) is 0 Å². The van der Waals surface area contributed by atoms with E-state index in [0.717, 1.165) is 5.56 Å². The summed E-state index contributed by atoms with van der Waals surface area (Å²) in [5.74, 6) is -1.25. The Morgan fingerprint density at radius 2 is 1.91 bits per heavy atom. The van der Waals surface area contributed by atoms with E-state index in [9.17, 15) is 9.18 Å². The first-order valence-electron chi connectivity index (χ1n) is 7.04. The molecule has 0 heterocycles. The molecule has 0 radical (unpaired) electrons. The summed E-state index contributed by atoms with van der Waals surface area (Å²) in [6.45, 7) is 0.0325. The van der Waals surface area contributed by atoms with Crippen LogP contribution >= 0.6 is 11.6 Å². The minimum Gasteiger partial charge on any atom is -0.396 e. The number of nitrogens with one attached hydrogen (secondary N) is 1. The molecule has 2 aromatic rings. The third-order valence-electron chi connectivity index (χ3n) is 3.35. The molecule has 0 fully saturated rings. The summed E-state index contributed by atoms with van der Waals surface area (Å²) in [6, 6.07) is 13.4. The summed E-state index contributed by atoms with van der Waals surface area (Å²) in [7, 11) is 0. The maximum Gasteiger partial charge on any atom is 0.254 e. The predicted molar refractivity (Wildman–Crippen MR) is 84.4 cm³/mol. The van der Waals surface area contributed by atoms with Gasteiger partial charge in [0.05, 0.1) is 16.6 Å². The molecule has 2 N–H and O–H groups in total. The van der Waals surface area contributed by atoms with Gasteiger partial charge in [-0.3, -0.25) is 4.79 Å². The Hall–Kier alpha value is -1.91. The minimum absolute atomic E-state index is 0.0325. The lowest BCUT2D eigenvalue weighted by Gasteiger charge is -2.19. The second-order valence-corrected chi connectivity index (χ2v) is 5.31. The first kappa shape index (κ1) is 16.5. The normalized spacial score (nSPS) is 12.0. The number of hydrogen-bond donors (Lipinski definition) is 2. The fourth-order valence-electron chi connectivity index (χ4n) is 2.22. The fraction of sp³-hybridized carbons (Fsp3) is 0.235. The molecule has 0 bridgehead atoms. The van der Waals surface area contributed by atoms with Gasteiger partial charge in [-0.2, -0.15) is 0 Å². The number of aliphatic hydroxyl groups excluding tert-OH is 1. The highest BCUT2D eigenvalue weighted by molar-refractivity contribution is 6.31. The summed E-state index contributed by atoms with van der Waals surface area (Å²) in [6.07, 6.45) is 1.10. The highest BCUT2D eigenvalue weighted by Gasteiger charge is 2.19. The number of amides is 1. The van der Waals surface area contributed by atoms with Crippen molar-refractivity contribution in [3.05, 3.63) is 70.5 Å². The summed E-state index contributed by atoms with van der Waals surface area (Å²) < 4.78 is 13.9. The number of rotatable bonds is 6. The first-order chi connectivity index (χ1) is 10.6. The average molecular weight is 322 g/mol. The van der Waals surface area contributed by atoms with Crippen molar-refractivity contribution in [2.75, 3.05) is 6.61 Å². The third-order valence-corrected chi connectivity index (χ3v) is 3.65. The topological polar surface area (TPSA) is 49.3 Å². The van der Waals surface area contributed by atoms with Gasteiger partial charge in [-0.25, -0.2) is 4.39 Å². The Bertz CT molecular complexity index is 634. The van der Waals surface area contributed by atoms with Crippen LogP contribution in [0, 0.1) is 5.82 Å². The van der Waals surface area contributed by atoms with E-state index in [1.54, 1.807) is 0 Å². The molecule has 0 spiro atoms. The molecule has 22 heavy (non-hydrogen) atoms. The zero-order valence-electron chi connectivity index (χ0n) is 11.9. The lowest BCUT2D eigenvalue weighted by molar-refractivity contribution is 0.0928. The van der Waals surface area contributed by atoms with Crippen LogP contribution in [0.1, 0.15) is 34.8 Å². The molecule has 116 valence electrons. The van der Waals surface area contributed by atoms with Gasteiger partial charge in [0.2, 0.25) is 0 Å². The van der Waals surface area contributed by atoms with Gasteiger partial charge in [-0.1, -0.05) is 48.0 Å². The van der Waals surface area contributed by atoms with Crippen LogP contribution in [0.2, 0.25) is 5.02 Å². The number of carbonyl (C=O) groups excluding carboxylic acids is 1. The monoisotopic (exact) mass is 321 g/mol. The molecule has 0 saturated carbocycles. The van der Waals surface area contributed by atoms with Crippen molar-refractivity contribution in [1.82, 2.24) is 5.32 Å². The molecular formula is C17H17ClFNO2. The van der Waals surface area contributed by atoms with Crippen LogP contribution < -0.4 is 5.32 Å². The van der Waals surface area contributed by atoms with E-state index in [-0.39, 0.29) is 23.2 Å². The molecule has 5 heteroatoms. The Balaban J connectivity index is 2.19. The summed E-state index contributed by atoms with van der Waals surface area (Å²) in [5.41, 5.74) is 0.823. The van der Waals surface area contributed by atoms with Crippen molar-refractivity contribution in [3.63, 3.8) is 0 Å². The molecule has 0 aliphatic heterocycles. The smallest absolute Gasteiger partial charge is 0.254 e. The summed E-state index contributed by atoms with van der Waals surface area (Å²) >= 11 is 5.71. The van der Waals surface area contributed by atoms with Crippen LogP contribution in [-0.4, -0.2) is 17.6 Å². The highest BCUT2D eigenvalue weighted by Crippen LogP contribution is 2.21. The number of halogens is 2. The van der Waals surface area contributed by atoms with Gasteiger partial charge in [-0.05, 0) is 30.5 Å². The van der Waals surface area contributed by atoms with Crippen molar-refractivity contribution in [2.45, 2.75) is 18.9 Å². The van der Waals surface area contributed by atoms with E-state index in [4.69, 9.17) is 16.7 Å². The zero-order chi connectivity index (χ0) is 15.9. The van der Waals surface area contributed by atoms with Crippen molar-refractivity contribution < 1.29 is 14.3 Å². The highest BCUT2D eigenvalue weighted by atomic mass is 35.5. The predicted octanol–water partition coefficient (Wildman–Crippen LogP) is 3.72. The second kappa shape index (κ2) is 7.92. The van der Waals surface area contributed by atoms with Gasteiger partial charge in [0, 0.05) is 6.61 Å². The maximum atomic E-state index is 13.9. The number of benzene rings is 2. The lowest BCUT2D eigenvalue weighted by Crippen LogP contribution is -2.29. The quantitative estimate of drug-likeness (QED) is 0.852. The second-order valence-electron chi connectivity index (χ2n) is 4.90. The lowest BCUT2D eigenvalue weighted by atomic mass is 10.0. The van der Waals surface area contributed by atoms with Gasteiger partial charge in [0.1, 0.15) is 0 Å². The minimum atomic E-state index is -0.726.